The molecule has 3 aromatic carbocycles. The van der Waals surface area contributed by atoms with Gasteiger partial charge >= 0.3 is 0 Å². The summed E-state index contributed by atoms with van der Waals surface area (Å²) in [5.74, 6) is 0.268. The third kappa shape index (κ3) is 8.41. The van der Waals surface area contributed by atoms with Crippen LogP contribution in [0.4, 0.5) is 0 Å². The first-order valence-corrected chi connectivity index (χ1v) is 19.6. The molecular weight excluding hydrogens is 721 g/mol. The molecule has 1 unspecified atom stereocenters. The first-order valence-electron chi connectivity index (χ1n) is 16.8. The first-order chi connectivity index (χ1) is 23.5. The van der Waals surface area contributed by atoms with Crippen molar-refractivity contribution >= 4 is 57.3 Å². The lowest BCUT2D eigenvalue weighted by Gasteiger charge is -2.40. The van der Waals surface area contributed by atoms with Crippen LogP contribution >= 0.6 is 35.6 Å². The van der Waals surface area contributed by atoms with Gasteiger partial charge in [-0.3, -0.25) is 25.1 Å². The number of piperazine rings is 1. The topological polar surface area (TPSA) is 111 Å². The van der Waals surface area contributed by atoms with Crippen molar-refractivity contribution in [1.29, 1.82) is 0 Å². The molecule has 6 rings (SSSR count). The molecule has 10 nitrogen and oxygen atoms in total. The fourth-order valence-corrected chi connectivity index (χ4v) is 7.85. The summed E-state index contributed by atoms with van der Waals surface area (Å²) in [6.07, 6.45) is 3.16. The van der Waals surface area contributed by atoms with Crippen LogP contribution in [0.5, 0.6) is 5.75 Å². The Morgan fingerprint density at radius 1 is 0.820 bits per heavy atom. The van der Waals surface area contributed by atoms with Crippen LogP contribution in [0.1, 0.15) is 58.9 Å². The van der Waals surface area contributed by atoms with Crippen molar-refractivity contribution in [1.82, 2.24) is 25.3 Å². The Labute approximate surface area is 310 Å². The van der Waals surface area contributed by atoms with E-state index in [1.54, 1.807) is 18.2 Å². The second-order valence-electron chi connectivity index (χ2n) is 13.0. The number of benzene rings is 3. The second kappa shape index (κ2) is 16.2. The Morgan fingerprint density at radius 3 is 1.86 bits per heavy atom. The van der Waals surface area contributed by atoms with E-state index >= 15 is 4.79 Å². The molecule has 0 aliphatic carbocycles. The minimum absolute atomic E-state index is 0. The third-order valence-corrected chi connectivity index (χ3v) is 11.0. The van der Waals surface area contributed by atoms with Gasteiger partial charge in [-0.2, -0.15) is 0 Å². The average Bonchev–Trinajstić information content (AvgIpc) is 3.78. The summed E-state index contributed by atoms with van der Waals surface area (Å²) < 4.78 is 29.9. The van der Waals surface area contributed by atoms with Crippen LogP contribution in [0.2, 0.25) is 10.0 Å². The van der Waals surface area contributed by atoms with E-state index in [1.165, 1.54) is 6.26 Å². The van der Waals surface area contributed by atoms with Gasteiger partial charge in [-0.15, -0.1) is 12.4 Å². The van der Waals surface area contributed by atoms with Crippen molar-refractivity contribution in [2.45, 2.75) is 37.5 Å². The van der Waals surface area contributed by atoms with E-state index in [2.05, 4.69) is 15.5 Å². The van der Waals surface area contributed by atoms with E-state index in [0.717, 1.165) is 24.0 Å². The number of sulfone groups is 1. The maximum atomic E-state index is 15.2. The Balaban J connectivity index is 0.00000486. The summed E-state index contributed by atoms with van der Waals surface area (Å²) in [6.45, 7) is 5.93. The van der Waals surface area contributed by atoms with E-state index in [9.17, 15) is 13.2 Å². The van der Waals surface area contributed by atoms with Gasteiger partial charge in [-0.25, -0.2) is 8.42 Å². The number of rotatable bonds is 10. The molecule has 14 heteroatoms. The lowest BCUT2D eigenvalue weighted by Crippen LogP contribution is -2.62. The number of amides is 2. The molecule has 3 fully saturated rings. The number of likely N-dealkylation sites (tertiary alicyclic amines) is 1. The van der Waals surface area contributed by atoms with Crippen LogP contribution in [0, 0.1) is 0 Å². The quantitative estimate of drug-likeness (QED) is 0.295. The molecule has 0 spiro atoms. The SMILES string of the molecule is CCOc1ccc(C(=O)N2CCCC2)cc1C1(C(=O)N2CCN(CCS(C)(=O)=O)CC2)N[C@H](c2ccc(Cl)cc2)[C@H](c2ccc(Cl)cc2)N1.Cl. The zero-order valence-corrected chi connectivity index (χ0v) is 31.4. The van der Waals surface area contributed by atoms with Gasteiger partial charge in [0.25, 0.3) is 11.8 Å². The molecule has 270 valence electrons. The van der Waals surface area contributed by atoms with Gasteiger partial charge in [-0.1, -0.05) is 47.5 Å². The van der Waals surface area contributed by atoms with Crippen molar-refractivity contribution in [3.8, 4) is 5.75 Å². The summed E-state index contributed by atoms with van der Waals surface area (Å²) in [5, 5.41) is 8.66. The molecule has 0 bridgehead atoms. The summed E-state index contributed by atoms with van der Waals surface area (Å²) in [4.78, 5) is 34.7. The fraction of sp³-hybridized carbons (Fsp3) is 0.444. The van der Waals surface area contributed by atoms with Gasteiger partial charge in [0.15, 0.2) is 5.66 Å². The molecule has 0 aromatic heterocycles. The highest BCUT2D eigenvalue weighted by Crippen LogP contribution is 2.45. The zero-order chi connectivity index (χ0) is 34.8. The van der Waals surface area contributed by atoms with Crippen LogP contribution in [0.3, 0.4) is 0 Å². The summed E-state index contributed by atoms with van der Waals surface area (Å²) in [5.41, 5.74) is 1.34. The summed E-state index contributed by atoms with van der Waals surface area (Å²) in [7, 11) is -3.11. The smallest absolute Gasteiger partial charge is 0.262 e. The number of halogens is 3. The predicted molar refractivity (Wildman–Crippen MR) is 199 cm³/mol. The van der Waals surface area contributed by atoms with Crippen LogP contribution in [-0.4, -0.2) is 99.4 Å². The van der Waals surface area contributed by atoms with Gasteiger partial charge in [-0.05, 0) is 73.4 Å². The highest BCUT2D eigenvalue weighted by atomic mass is 35.5. The van der Waals surface area contributed by atoms with Gasteiger partial charge < -0.3 is 14.5 Å². The van der Waals surface area contributed by atoms with Crippen molar-refractivity contribution in [2.75, 3.05) is 64.4 Å². The molecule has 3 aliphatic rings. The van der Waals surface area contributed by atoms with Gasteiger partial charge in [0.1, 0.15) is 15.6 Å². The molecule has 3 saturated heterocycles. The minimum Gasteiger partial charge on any atom is -0.493 e. The minimum atomic E-state index is -3.11. The van der Waals surface area contributed by atoms with Crippen LogP contribution in [-0.2, 0) is 20.3 Å². The Hall–Kier alpha value is -2.90. The van der Waals surface area contributed by atoms with E-state index in [1.807, 2.05) is 65.3 Å². The molecule has 3 atom stereocenters. The molecule has 3 aromatic rings. The number of carbonyl (C=O) groups is 2. The second-order valence-corrected chi connectivity index (χ2v) is 16.1. The average molecular weight is 765 g/mol. The van der Waals surface area contributed by atoms with Crippen molar-refractivity contribution in [3.63, 3.8) is 0 Å². The lowest BCUT2D eigenvalue weighted by molar-refractivity contribution is -0.141. The maximum Gasteiger partial charge on any atom is 0.262 e. The van der Waals surface area contributed by atoms with E-state index in [-0.39, 0.29) is 30.0 Å². The Kier molecular flexibility index (Phi) is 12.4. The number of hydrogen-bond donors (Lipinski definition) is 2. The van der Waals surface area contributed by atoms with Gasteiger partial charge in [0.05, 0.1) is 24.4 Å². The molecule has 2 amide bonds. The fourth-order valence-electron chi connectivity index (χ4n) is 7.01. The molecule has 0 radical (unpaired) electrons. The van der Waals surface area contributed by atoms with Crippen molar-refractivity contribution < 1.29 is 22.7 Å². The van der Waals surface area contributed by atoms with Crippen LogP contribution in [0.15, 0.2) is 66.7 Å². The van der Waals surface area contributed by atoms with E-state index in [0.29, 0.717) is 79.3 Å². The normalized spacial score (nSPS) is 22.7. The number of hydrogen-bond acceptors (Lipinski definition) is 8. The molecule has 0 saturated carbocycles. The molecule has 3 heterocycles. The molecule has 50 heavy (non-hydrogen) atoms. The zero-order valence-electron chi connectivity index (χ0n) is 28.2. The van der Waals surface area contributed by atoms with Gasteiger partial charge in [0, 0.05) is 73.2 Å². The summed E-state index contributed by atoms with van der Waals surface area (Å²) in [6, 6.07) is 19.7. The van der Waals surface area contributed by atoms with Crippen LogP contribution in [0.25, 0.3) is 0 Å². The summed E-state index contributed by atoms with van der Waals surface area (Å²) >= 11 is 12.6. The van der Waals surface area contributed by atoms with Crippen molar-refractivity contribution in [2.24, 2.45) is 0 Å². The predicted octanol–water partition coefficient (Wildman–Crippen LogP) is 5.07. The number of ether oxygens (including phenoxy) is 1. The molecule has 2 N–H and O–H groups in total. The highest BCUT2D eigenvalue weighted by molar-refractivity contribution is 7.90. The number of nitrogens with one attached hydrogen (secondary N) is 2. The lowest BCUT2D eigenvalue weighted by atomic mass is 9.94. The monoisotopic (exact) mass is 763 g/mol. The molecule has 3 aliphatic heterocycles. The Bertz CT molecular complexity index is 1710. The van der Waals surface area contributed by atoms with Crippen LogP contribution < -0.4 is 15.4 Å². The highest BCUT2D eigenvalue weighted by Gasteiger charge is 2.54. The largest absolute Gasteiger partial charge is 0.493 e. The first kappa shape index (κ1) is 38.3. The number of nitrogens with zero attached hydrogens (tertiary/aromatic N) is 3. The maximum absolute atomic E-state index is 15.2. The third-order valence-electron chi connectivity index (χ3n) is 9.62. The standard InChI is InChI=1S/C36H43Cl2N5O5S.ClH/c1-3-48-31-15-10-27(34(44)42-16-4-5-17-42)24-30(31)36(35(45)43-20-18-41(19-21-43)22-23-49(2,46)47)39-32(25-6-11-28(37)12-7-25)33(40-36)26-8-13-29(38)14-9-26;/h6-15,24,32-33,39-40H,3-5,16-23H2,1-2H3;1H/t32-,33+,36?;. The van der Waals surface area contributed by atoms with E-state index < -0.39 is 27.6 Å². The van der Waals surface area contributed by atoms with Gasteiger partial charge in [0.2, 0.25) is 0 Å². The number of carbonyl (C=O) groups excluding carboxylic acids is 2. The molecular formula is C36H44Cl3N5O5S. The Morgan fingerprint density at radius 2 is 1.36 bits per heavy atom. The van der Waals surface area contributed by atoms with E-state index in [4.69, 9.17) is 27.9 Å². The van der Waals surface area contributed by atoms with Crippen molar-refractivity contribution in [3.05, 3.63) is 99.0 Å².